The van der Waals surface area contributed by atoms with Crippen molar-refractivity contribution in [2.45, 2.75) is 44.2 Å². The summed E-state index contributed by atoms with van der Waals surface area (Å²) in [4.78, 5) is 2.54. The van der Waals surface area contributed by atoms with E-state index in [-0.39, 0.29) is 0 Å². The van der Waals surface area contributed by atoms with Crippen molar-refractivity contribution in [2.24, 2.45) is 0 Å². The van der Waals surface area contributed by atoms with Crippen LogP contribution in [0.3, 0.4) is 0 Å². The molecule has 4 heteroatoms. The van der Waals surface area contributed by atoms with E-state index in [4.69, 9.17) is 4.74 Å². The fraction of sp³-hybridized carbons (Fsp3) is 0.625. The molecule has 3 nitrogen and oxygen atoms in total. The minimum atomic E-state index is 0.335. The van der Waals surface area contributed by atoms with Crippen LogP contribution in [0, 0.1) is 0 Å². The Hall–Kier alpha value is -0.740. The number of methoxy groups -OCH3 is 1. The van der Waals surface area contributed by atoms with Crippen molar-refractivity contribution in [1.82, 2.24) is 5.32 Å². The van der Waals surface area contributed by atoms with Crippen LogP contribution < -0.4 is 15.0 Å². The first kappa shape index (κ1) is 14.2. The maximum Gasteiger partial charge on any atom is 0.122 e. The molecule has 2 fully saturated rings. The third-order valence-electron chi connectivity index (χ3n) is 4.76. The Bertz CT molecular complexity index is 485. The minimum absolute atomic E-state index is 0.335. The van der Waals surface area contributed by atoms with Gasteiger partial charge >= 0.3 is 0 Å². The number of piperazine rings is 1. The van der Waals surface area contributed by atoms with E-state index < -0.39 is 0 Å². The van der Waals surface area contributed by atoms with Gasteiger partial charge in [0.2, 0.25) is 0 Å². The molecule has 1 unspecified atom stereocenters. The number of rotatable bonds is 2. The highest BCUT2D eigenvalue weighted by atomic mass is 79.9. The SMILES string of the molecule is COc1cc(Br)cc(N2CC3(CCCC3)NCC2C)c1. The second-order valence-corrected chi connectivity index (χ2v) is 7.11. The summed E-state index contributed by atoms with van der Waals surface area (Å²) in [6.45, 7) is 4.46. The normalized spacial score (nSPS) is 25.1. The van der Waals surface area contributed by atoms with Crippen LogP contribution in [0.5, 0.6) is 5.75 Å². The Kier molecular flexibility index (Phi) is 3.95. The van der Waals surface area contributed by atoms with Crippen molar-refractivity contribution < 1.29 is 4.74 Å². The molecule has 0 amide bonds. The lowest BCUT2D eigenvalue weighted by atomic mass is 9.92. The zero-order valence-electron chi connectivity index (χ0n) is 12.3. The van der Waals surface area contributed by atoms with E-state index in [2.05, 4.69) is 45.2 Å². The monoisotopic (exact) mass is 338 g/mol. The van der Waals surface area contributed by atoms with Crippen LogP contribution in [0.1, 0.15) is 32.6 Å². The third-order valence-corrected chi connectivity index (χ3v) is 5.22. The van der Waals surface area contributed by atoms with E-state index in [0.717, 1.165) is 23.3 Å². The molecule has 0 aromatic heterocycles. The first-order valence-electron chi connectivity index (χ1n) is 7.48. The fourth-order valence-electron chi connectivity index (χ4n) is 3.58. The number of hydrogen-bond donors (Lipinski definition) is 1. The third kappa shape index (κ3) is 2.68. The maximum absolute atomic E-state index is 5.41. The van der Waals surface area contributed by atoms with Gasteiger partial charge in [0.15, 0.2) is 0 Å². The molecule has 1 N–H and O–H groups in total. The van der Waals surface area contributed by atoms with Gasteiger partial charge in [-0.3, -0.25) is 0 Å². The summed E-state index contributed by atoms with van der Waals surface area (Å²) >= 11 is 3.59. The molecule has 1 atom stereocenters. The van der Waals surface area contributed by atoms with Crippen LogP contribution in [0.4, 0.5) is 5.69 Å². The standard InChI is InChI=1S/C16H23BrN2O/c1-12-10-18-16(5-3-4-6-16)11-19(12)14-7-13(17)8-15(9-14)20-2/h7-9,12,18H,3-6,10-11H2,1-2H3. The second kappa shape index (κ2) is 5.57. The van der Waals surface area contributed by atoms with Crippen LogP contribution in [0.2, 0.25) is 0 Å². The summed E-state index contributed by atoms with van der Waals surface area (Å²) in [5, 5.41) is 3.80. The highest BCUT2D eigenvalue weighted by Crippen LogP contribution is 2.36. The van der Waals surface area contributed by atoms with E-state index in [1.54, 1.807) is 7.11 Å². The van der Waals surface area contributed by atoms with Crippen LogP contribution in [-0.2, 0) is 0 Å². The number of nitrogens with zero attached hydrogens (tertiary/aromatic N) is 1. The summed E-state index contributed by atoms with van der Waals surface area (Å²) in [6.07, 6.45) is 5.33. The Balaban J connectivity index is 1.88. The molecule has 110 valence electrons. The van der Waals surface area contributed by atoms with Crippen molar-refractivity contribution in [1.29, 1.82) is 0 Å². The van der Waals surface area contributed by atoms with Gasteiger partial charge in [-0.2, -0.15) is 0 Å². The first-order valence-corrected chi connectivity index (χ1v) is 8.27. The Morgan fingerprint density at radius 2 is 2.05 bits per heavy atom. The van der Waals surface area contributed by atoms with Gasteiger partial charge in [0, 0.05) is 40.9 Å². The highest BCUT2D eigenvalue weighted by molar-refractivity contribution is 9.10. The van der Waals surface area contributed by atoms with E-state index in [1.807, 2.05) is 6.07 Å². The smallest absolute Gasteiger partial charge is 0.122 e. The molecule has 0 bridgehead atoms. The highest BCUT2D eigenvalue weighted by Gasteiger charge is 2.40. The van der Waals surface area contributed by atoms with Crippen LogP contribution >= 0.6 is 15.9 Å². The molecule has 1 aromatic carbocycles. The molecule has 1 spiro atoms. The topological polar surface area (TPSA) is 24.5 Å². The van der Waals surface area contributed by atoms with Crippen molar-refractivity contribution in [3.05, 3.63) is 22.7 Å². The summed E-state index contributed by atoms with van der Waals surface area (Å²) < 4.78 is 6.49. The molecule has 20 heavy (non-hydrogen) atoms. The van der Waals surface area contributed by atoms with Gasteiger partial charge in [-0.05, 0) is 31.9 Å². The molecule has 1 aromatic rings. The van der Waals surface area contributed by atoms with E-state index >= 15 is 0 Å². The zero-order valence-corrected chi connectivity index (χ0v) is 13.9. The number of anilines is 1. The maximum atomic E-state index is 5.41. The molecule has 1 saturated heterocycles. The summed E-state index contributed by atoms with van der Waals surface area (Å²) in [7, 11) is 1.73. The van der Waals surface area contributed by atoms with Gasteiger partial charge in [0.1, 0.15) is 5.75 Å². The van der Waals surface area contributed by atoms with Gasteiger partial charge in [0.05, 0.1) is 7.11 Å². The average Bonchev–Trinajstić information content (AvgIpc) is 2.89. The lowest BCUT2D eigenvalue weighted by molar-refractivity contribution is 0.276. The molecule has 1 aliphatic carbocycles. The Morgan fingerprint density at radius 1 is 1.30 bits per heavy atom. The van der Waals surface area contributed by atoms with Gasteiger partial charge in [0.25, 0.3) is 0 Å². The van der Waals surface area contributed by atoms with E-state index in [9.17, 15) is 0 Å². The first-order chi connectivity index (χ1) is 9.62. The largest absolute Gasteiger partial charge is 0.497 e. The van der Waals surface area contributed by atoms with Crippen molar-refractivity contribution in [3.8, 4) is 5.75 Å². The van der Waals surface area contributed by atoms with E-state index in [1.165, 1.54) is 31.4 Å². The number of halogens is 1. The van der Waals surface area contributed by atoms with Crippen LogP contribution in [0.15, 0.2) is 22.7 Å². The van der Waals surface area contributed by atoms with Crippen molar-refractivity contribution >= 4 is 21.6 Å². The average molecular weight is 339 g/mol. The molecular formula is C16H23BrN2O. The minimum Gasteiger partial charge on any atom is -0.497 e. The van der Waals surface area contributed by atoms with Gasteiger partial charge in [-0.25, -0.2) is 0 Å². The molecule has 1 heterocycles. The molecule has 3 rings (SSSR count). The number of ether oxygens (including phenoxy) is 1. The van der Waals surface area contributed by atoms with Gasteiger partial charge < -0.3 is 15.0 Å². The molecule has 0 radical (unpaired) electrons. The molecule has 1 saturated carbocycles. The summed E-state index contributed by atoms with van der Waals surface area (Å²) in [5.41, 5.74) is 1.60. The van der Waals surface area contributed by atoms with E-state index in [0.29, 0.717) is 11.6 Å². The molecule has 1 aliphatic heterocycles. The van der Waals surface area contributed by atoms with Gasteiger partial charge in [-0.1, -0.05) is 28.8 Å². The second-order valence-electron chi connectivity index (χ2n) is 6.19. The van der Waals surface area contributed by atoms with Crippen LogP contribution in [0.25, 0.3) is 0 Å². The quantitative estimate of drug-likeness (QED) is 0.892. The summed E-state index contributed by atoms with van der Waals surface area (Å²) in [5.74, 6) is 0.917. The molecular weight excluding hydrogens is 316 g/mol. The number of hydrogen-bond acceptors (Lipinski definition) is 3. The fourth-order valence-corrected chi connectivity index (χ4v) is 4.04. The lowest BCUT2D eigenvalue weighted by Crippen LogP contribution is -2.62. The predicted molar refractivity (Wildman–Crippen MR) is 86.7 cm³/mol. The molecule has 2 aliphatic rings. The predicted octanol–water partition coefficient (Wildman–Crippen LogP) is 3.57. The van der Waals surface area contributed by atoms with Crippen LogP contribution in [-0.4, -0.2) is 31.8 Å². The van der Waals surface area contributed by atoms with Crippen molar-refractivity contribution in [2.75, 3.05) is 25.1 Å². The Labute approximate surface area is 129 Å². The Morgan fingerprint density at radius 3 is 2.75 bits per heavy atom. The number of benzene rings is 1. The lowest BCUT2D eigenvalue weighted by Gasteiger charge is -2.46. The number of nitrogens with one attached hydrogen (secondary N) is 1. The zero-order chi connectivity index (χ0) is 14.2. The van der Waals surface area contributed by atoms with Crippen molar-refractivity contribution in [3.63, 3.8) is 0 Å². The summed E-state index contributed by atoms with van der Waals surface area (Å²) in [6, 6.07) is 6.88. The van der Waals surface area contributed by atoms with Gasteiger partial charge in [-0.15, -0.1) is 0 Å².